The first kappa shape index (κ1) is 22.7. The van der Waals surface area contributed by atoms with E-state index in [4.69, 9.17) is 4.43 Å². The van der Waals surface area contributed by atoms with Gasteiger partial charge < -0.3 is 4.43 Å². The zero-order valence-electron chi connectivity index (χ0n) is 17.5. The molecule has 0 amide bonds. The van der Waals surface area contributed by atoms with Crippen molar-refractivity contribution in [3.05, 3.63) is 0 Å². The van der Waals surface area contributed by atoms with Crippen molar-refractivity contribution in [1.29, 1.82) is 0 Å². The Labute approximate surface area is 143 Å². The van der Waals surface area contributed by atoms with E-state index in [-0.39, 0.29) is 5.41 Å². The fourth-order valence-corrected chi connectivity index (χ4v) is 51.4. The molecule has 0 aliphatic heterocycles. The van der Waals surface area contributed by atoms with Gasteiger partial charge in [-0.1, -0.05) is 60.1 Å². The lowest BCUT2D eigenvalue weighted by Crippen LogP contribution is -2.89. The maximum absolute atomic E-state index is 6.94. The van der Waals surface area contributed by atoms with E-state index < -0.39 is 30.8 Å². The van der Waals surface area contributed by atoms with Crippen molar-refractivity contribution in [2.45, 2.75) is 85.4 Å². The molecule has 3 nitrogen and oxygen atoms in total. The van der Waals surface area contributed by atoms with Crippen molar-refractivity contribution in [2.75, 3.05) is 7.05 Å². The molecule has 0 spiro atoms. The van der Waals surface area contributed by atoms with Gasteiger partial charge in [0.25, 0.3) is 0 Å². The standard InChI is InChI=1S/C15H42N2OSi4/c1-15(2,3)14(18-19(5,6)7)22(17-16-4,20(8,9)10)21(11,12)13/h14,16-17H,1-13H3. The Kier molecular flexibility index (Phi) is 7.17. The lowest BCUT2D eigenvalue weighted by Gasteiger charge is -2.58. The lowest BCUT2D eigenvalue weighted by molar-refractivity contribution is 0.141. The molecule has 2 N–H and O–H groups in total. The third kappa shape index (κ3) is 5.12. The molecular formula is C15H42N2OSi4. The van der Waals surface area contributed by atoms with Crippen LogP contribution < -0.4 is 10.5 Å². The molecule has 0 radical (unpaired) electrons. The van der Waals surface area contributed by atoms with E-state index in [2.05, 4.69) is 90.2 Å². The SMILES string of the molecule is CNN[Si](C(O[Si](C)(C)C)C(C)(C)C)([Si](C)(C)C)[Si](C)(C)C. The second-order valence-corrected chi connectivity index (χ2v) is 41.7. The van der Waals surface area contributed by atoms with E-state index in [1.165, 1.54) is 0 Å². The van der Waals surface area contributed by atoms with Crippen LogP contribution in [0, 0.1) is 5.41 Å². The molecule has 1 unspecified atom stereocenters. The quantitative estimate of drug-likeness (QED) is 0.512. The summed E-state index contributed by atoms with van der Waals surface area (Å²) >= 11 is 0. The van der Waals surface area contributed by atoms with Crippen molar-refractivity contribution >= 4 is 30.8 Å². The van der Waals surface area contributed by atoms with Crippen LogP contribution in [0.15, 0.2) is 0 Å². The highest BCUT2D eigenvalue weighted by molar-refractivity contribution is 7.68. The van der Waals surface area contributed by atoms with E-state index >= 15 is 0 Å². The molecule has 0 bridgehead atoms. The van der Waals surface area contributed by atoms with Crippen LogP contribution in [0.25, 0.3) is 0 Å². The molecule has 0 heterocycles. The van der Waals surface area contributed by atoms with Crippen molar-refractivity contribution < 1.29 is 4.43 Å². The van der Waals surface area contributed by atoms with Crippen LogP contribution in [-0.4, -0.2) is 43.5 Å². The molecule has 1 atom stereocenters. The Hall–Kier alpha value is 0.748. The van der Waals surface area contributed by atoms with Gasteiger partial charge in [0.2, 0.25) is 0 Å². The summed E-state index contributed by atoms with van der Waals surface area (Å²) in [5.74, 6) is 0. The fraction of sp³-hybridized carbons (Fsp3) is 1.00. The molecule has 0 aromatic carbocycles. The summed E-state index contributed by atoms with van der Waals surface area (Å²) in [4.78, 5) is 0. The van der Waals surface area contributed by atoms with Crippen molar-refractivity contribution in [3.8, 4) is 0 Å². The van der Waals surface area contributed by atoms with Gasteiger partial charge in [-0.25, -0.2) is 0 Å². The molecule has 0 aromatic rings. The Morgan fingerprint density at radius 3 is 1.32 bits per heavy atom. The molecule has 22 heavy (non-hydrogen) atoms. The van der Waals surface area contributed by atoms with E-state index in [1.54, 1.807) is 0 Å². The number of hydrogen-bond donors (Lipinski definition) is 2. The second-order valence-electron chi connectivity index (χ2n) is 10.7. The van der Waals surface area contributed by atoms with Gasteiger partial charge in [-0.2, -0.15) is 0 Å². The molecule has 0 saturated carbocycles. The summed E-state index contributed by atoms with van der Waals surface area (Å²) in [5, 5.41) is 3.91. The summed E-state index contributed by atoms with van der Waals surface area (Å²) in [6.07, 6.45) is 0. The van der Waals surface area contributed by atoms with Gasteiger partial charge in [0.05, 0.1) is 20.9 Å². The van der Waals surface area contributed by atoms with Gasteiger partial charge in [-0.05, 0) is 32.1 Å². The number of nitrogens with one attached hydrogen (secondary N) is 2. The van der Waals surface area contributed by atoms with E-state index in [0.29, 0.717) is 5.73 Å². The molecule has 0 fully saturated rings. The number of rotatable bonds is 7. The summed E-state index contributed by atoms with van der Waals surface area (Å²) in [6, 6.07) is 0. The van der Waals surface area contributed by atoms with E-state index in [1.807, 2.05) is 7.05 Å². The number of hydrogen-bond acceptors (Lipinski definition) is 3. The van der Waals surface area contributed by atoms with Gasteiger partial charge in [0.1, 0.15) is 0 Å². The van der Waals surface area contributed by atoms with Crippen LogP contribution in [0.2, 0.25) is 58.9 Å². The lowest BCUT2D eigenvalue weighted by atomic mass is 9.98. The predicted octanol–water partition coefficient (Wildman–Crippen LogP) is 4.29. The molecule has 134 valence electrons. The second kappa shape index (κ2) is 6.93. The highest BCUT2D eigenvalue weighted by Crippen LogP contribution is 2.40. The first-order valence-electron chi connectivity index (χ1n) is 8.52. The number of hydrazine groups is 1. The van der Waals surface area contributed by atoms with Crippen LogP contribution in [0.5, 0.6) is 0 Å². The Morgan fingerprint density at radius 1 is 0.773 bits per heavy atom. The van der Waals surface area contributed by atoms with Crippen LogP contribution >= 0.6 is 0 Å². The molecule has 7 heteroatoms. The topological polar surface area (TPSA) is 33.3 Å². The minimum atomic E-state index is -1.84. The maximum Gasteiger partial charge on any atom is 0.183 e. The highest BCUT2D eigenvalue weighted by atomic mass is 29.6. The van der Waals surface area contributed by atoms with Gasteiger partial charge in [-0.15, -0.1) is 0 Å². The van der Waals surface area contributed by atoms with Crippen LogP contribution in [0.1, 0.15) is 20.8 Å². The molecular weight excluding hydrogens is 337 g/mol. The zero-order valence-corrected chi connectivity index (χ0v) is 21.5. The molecule has 0 aliphatic rings. The zero-order chi connectivity index (χ0) is 18.2. The molecule has 0 rings (SSSR count). The fourth-order valence-electron chi connectivity index (χ4n) is 3.82. The summed E-state index contributed by atoms with van der Waals surface area (Å²) < 4.78 is 6.94. The van der Waals surface area contributed by atoms with E-state index in [9.17, 15) is 0 Å². The normalized spacial score (nSPS) is 16.8. The average Bonchev–Trinajstić information content (AvgIpc) is 2.16. The van der Waals surface area contributed by atoms with Crippen molar-refractivity contribution in [2.24, 2.45) is 5.41 Å². The Morgan fingerprint density at radius 2 is 1.14 bits per heavy atom. The summed E-state index contributed by atoms with van der Waals surface area (Å²) in [5.41, 5.74) is 3.90. The summed E-state index contributed by atoms with van der Waals surface area (Å²) in [7, 11) is -4.30. The predicted molar refractivity (Wildman–Crippen MR) is 112 cm³/mol. The minimum Gasteiger partial charge on any atom is -0.416 e. The van der Waals surface area contributed by atoms with Gasteiger partial charge in [-0.3, -0.25) is 10.5 Å². The monoisotopic (exact) mass is 378 g/mol. The van der Waals surface area contributed by atoms with Gasteiger partial charge >= 0.3 is 0 Å². The minimum absolute atomic E-state index is 0.164. The first-order valence-corrected chi connectivity index (χ1v) is 23.0. The maximum atomic E-state index is 6.94. The van der Waals surface area contributed by atoms with Crippen LogP contribution in [0.4, 0.5) is 0 Å². The average molecular weight is 379 g/mol. The molecule has 0 aromatic heterocycles. The van der Waals surface area contributed by atoms with Crippen LogP contribution in [-0.2, 0) is 4.43 Å². The third-order valence-electron chi connectivity index (χ3n) is 4.34. The van der Waals surface area contributed by atoms with Gasteiger partial charge in [0.15, 0.2) is 15.6 Å². The highest BCUT2D eigenvalue weighted by Gasteiger charge is 2.63. The van der Waals surface area contributed by atoms with Crippen molar-refractivity contribution in [3.63, 3.8) is 0 Å². The van der Waals surface area contributed by atoms with E-state index in [0.717, 1.165) is 0 Å². The Balaban J connectivity index is 6.42. The third-order valence-corrected chi connectivity index (χ3v) is 42.7. The summed E-state index contributed by atoms with van der Waals surface area (Å²) in [6.45, 7) is 29.4. The molecule has 0 aliphatic carbocycles. The molecule has 0 saturated heterocycles. The van der Waals surface area contributed by atoms with Gasteiger partial charge in [0, 0.05) is 0 Å². The largest absolute Gasteiger partial charge is 0.416 e. The van der Waals surface area contributed by atoms with Crippen LogP contribution in [0.3, 0.4) is 0 Å². The first-order chi connectivity index (χ1) is 9.40. The Bertz CT molecular complexity index is 348. The smallest absolute Gasteiger partial charge is 0.183 e. The van der Waals surface area contributed by atoms with Crippen molar-refractivity contribution in [1.82, 2.24) is 10.5 Å².